The maximum Gasteiger partial charge on any atom is 0.334 e. The van der Waals surface area contributed by atoms with Crippen LogP contribution >= 0.6 is 0 Å². The largest absolute Gasteiger partial charge is 0.479 e. The molecule has 6 nitrogen and oxygen atoms in total. The molecule has 18 heavy (non-hydrogen) atoms. The molecule has 2 unspecified atom stereocenters. The fourth-order valence-corrected chi connectivity index (χ4v) is 2.29. The van der Waals surface area contributed by atoms with Gasteiger partial charge in [-0.25, -0.2) is 4.79 Å². The number of aliphatic carboxylic acids is 1. The van der Waals surface area contributed by atoms with Crippen molar-refractivity contribution in [2.45, 2.75) is 26.4 Å². The Morgan fingerprint density at radius 2 is 2.17 bits per heavy atom. The zero-order valence-corrected chi connectivity index (χ0v) is 11.2. The predicted molar refractivity (Wildman–Crippen MR) is 66.2 cm³/mol. The summed E-state index contributed by atoms with van der Waals surface area (Å²) >= 11 is 0. The molecule has 0 aliphatic carbocycles. The first kappa shape index (κ1) is 14.9. The first-order valence-corrected chi connectivity index (χ1v) is 6.18. The number of amides is 1. The van der Waals surface area contributed by atoms with Gasteiger partial charge < -0.3 is 20.5 Å². The second kappa shape index (κ2) is 6.15. The van der Waals surface area contributed by atoms with Crippen LogP contribution in [0.25, 0.3) is 0 Å². The number of ether oxygens (including phenoxy) is 1. The van der Waals surface area contributed by atoms with Gasteiger partial charge in [-0.05, 0) is 18.9 Å². The van der Waals surface area contributed by atoms with Crippen molar-refractivity contribution in [3.63, 3.8) is 0 Å². The SMILES string of the molecule is COC(CNC(=O)C1(C(C)C)CCNC1)C(=O)O. The van der Waals surface area contributed by atoms with Crippen LogP contribution in [0.15, 0.2) is 0 Å². The van der Waals surface area contributed by atoms with Gasteiger partial charge in [0.25, 0.3) is 0 Å². The number of methoxy groups -OCH3 is 1. The molecule has 2 atom stereocenters. The van der Waals surface area contributed by atoms with Crippen molar-refractivity contribution in [1.29, 1.82) is 0 Å². The van der Waals surface area contributed by atoms with Gasteiger partial charge in [0.05, 0.1) is 12.0 Å². The minimum atomic E-state index is -1.07. The number of hydrogen-bond donors (Lipinski definition) is 3. The summed E-state index contributed by atoms with van der Waals surface area (Å²) in [5.74, 6) is -0.954. The van der Waals surface area contributed by atoms with Crippen LogP contribution < -0.4 is 10.6 Å². The van der Waals surface area contributed by atoms with Crippen LogP contribution in [-0.2, 0) is 14.3 Å². The lowest BCUT2D eigenvalue weighted by molar-refractivity contribution is -0.148. The number of carboxylic acids is 1. The summed E-state index contributed by atoms with van der Waals surface area (Å²) in [7, 11) is 1.32. The lowest BCUT2D eigenvalue weighted by Crippen LogP contribution is -2.49. The number of carbonyl (C=O) groups excluding carboxylic acids is 1. The van der Waals surface area contributed by atoms with E-state index in [4.69, 9.17) is 9.84 Å². The van der Waals surface area contributed by atoms with Crippen molar-refractivity contribution >= 4 is 11.9 Å². The van der Waals surface area contributed by atoms with E-state index in [1.165, 1.54) is 7.11 Å². The molecule has 1 fully saturated rings. The molecule has 1 heterocycles. The second-order valence-electron chi connectivity index (χ2n) is 5.01. The fraction of sp³-hybridized carbons (Fsp3) is 0.833. The predicted octanol–water partition coefficient (Wildman–Crippen LogP) is -0.162. The highest BCUT2D eigenvalue weighted by molar-refractivity contribution is 5.84. The highest BCUT2D eigenvalue weighted by Gasteiger charge is 2.43. The number of carbonyl (C=O) groups is 2. The molecule has 0 bridgehead atoms. The molecule has 1 saturated heterocycles. The Labute approximate surface area is 107 Å². The fourth-order valence-electron chi connectivity index (χ4n) is 2.29. The van der Waals surface area contributed by atoms with Gasteiger partial charge in [0.15, 0.2) is 6.10 Å². The minimum absolute atomic E-state index is 0.000856. The first-order valence-electron chi connectivity index (χ1n) is 6.18. The molecule has 1 aliphatic rings. The van der Waals surface area contributed by atoms with Crippen LogP contribution in [0.2, 0.25) is 0 Å². The Kier molecular flexibility index (Phi) is 5.10. The lowest BCUT2D eigenvalue weighted by atomic mass is 9.75. The van der Waals surface area contributed by atoms with Gasteiger partial charge >= 0.3 is 5.97 Å². The van der Waals surface area contributed by atoms with Gasteiger partial charge in [-0.15, -0.1) is 0 Å². The third-order valence-electron chi connectivity index (χ3n) is 3.75. The maximum atomic E-state index is 12.3. The van der Waals surface area contributed by atoms with E-state index < -0.39 is 17.5 Å². The van der Waals surface area contributed by atoms with Crippen LogP contribution in [0.5, 0.6) is 0 Å². The van der Waals surface area contributed by atoms with E-state index in [2.05, 4.69) is 10.6 Å². The summed E-state index contributed by atoms with van der Waals surface area (Å²) in [4.78, 5) is 23.0. The Morgan fingerprint density at radius 1 is 1.50 bits per heavy atom. The van der Waals surface area contributed by atoms with Crippen molar-refractivity contribution in [3.05, 3.63) is 0 Å². The molecule has 0 radical (unpaired) electrons. The molecule has 1 rings (SSSR count). The van der Waals surface area contributed by atoms with E-state index in [1.54, 1.807) is 0 Å². The third-order valence-corrected chi connectivity index (χ3v) is 3.75. The van der Waals surface area contributed by atoms with Crippen molar-refractivity contribution in [1.82, 2.24) is 10.6 Å². The van der Waals surface area contributed by atoms with Crippen molar-refractivity contribution < 1.29 is 19.4 Å². The summed E-state index contributed by atoms with van der Waals surface area (Å²) in [5.41, 5.74) is -0.434. The quantitative estimate of drug-likeness (QED) is 0.616. The standard InChI is InChI=1S/C12H22N2O4/c1-8(2)12(4-5-13-7-12)11(17)14-6-9(18-3)10(15)16/h8-9,13H,4-7H2,1-3H3,(H,14,17)(H,15,16). The molecule has 0 aromatic rings. The Bertz CT molecular complexity index is 311. The van der Waals surface area contributed by atoms with Crippen molar-refractivity contribution in [3.8, 4) is 0 Å². The van der Waals surface area contributed by atoms with E-state index in [1.807, 2.05) is 13.8 Å². The van der Waals surface area contributed by atoms with E-state index in [0.29, 0.717) is 6.54 Å². The monoisotopic (exact) mass is 258 g/mol. The van der Waals surface area contributed by atoms with Crippen LogP contribution in [0.3, 0.4) is 0 Å². The molecule has 104 valence electrons. The lowest BCUT2D eigenvalue weighted by Gasteiger charge is -2.31. The molecular weight excluding hydrogens is 236 g/mol. The minimum Gasteiger partial charge on any atom is -0.479 e. The molecule has 1 amide bonds. The highest BCUT2D eigenvalue weighted by Crippen LogP contribution is 2.34. The molecule has 3 N–H and O–H groups in total. The topological polar surface area (TPSA) is 87.7 Å². The van der Waals surface area contributed by atoms with E-state index in [9.17, 15) is 9.59 Å². The Hall–Kier alpha value is -1.14. The summed E-state index contributed by atoms with van der Waals surface area (Å²) in [5, 5.41) is 14.7. The summed E-state index contributed by atoms with van der Waals surface area (Å²) in [6.45, 7) is 5.48. The molecule has 6 heteroatoms. The van der Waals surface area contributed by atoms with Gasteiger partial charge in [-0.1, -0.05) is 13.8 Å². The highest BCUT2D eigenvalue weighted by atomic mass is 16.5. The van der Waals surface area contributed by atoms with Gasteiger partial charge in [0.2, 0.25) is 5.91 Å². The van der Waals surface area contributed by atoms with Crippen LogP contribution in [0.4, 0.5) is 0 Å². The average molecular weight is 258 g/mol. The smallest absolute Gasteiger partial charge is 0.334 e. The number of rotatable bonds is 6. The van der Waals surface area contributed by atoms with Gasteiger partial charge in [-0.2, -0.15) is 0 Å². The van der Waals surface area contributed by atoms with Crippen LogP contribution in [0.1, 0.15) is 20.3 Å². The van der Waals surface area contributed by atoms with Crippen LogP contribution in [0, 0.1) is 11.3 Å². The number of carboxylic acid groups (broad SMARTS) is 1. The maximum absolute atomic E-state index is 12.3. The molecular formula is C12H22N2O4. The Morgan fingerprint density at radius 3 is 2.56 bits per heavy atom. The van der Waals surface area contributed by atoms with Crippen molar-refractivity contribution in [2.75, 3.05) is 26.7 Å². The zero-order chi connectivity index (χ0) is 13.8. The summed E-state index contributed by atoms with van der Waals surface area (Å²) < 4.78 is 4.79. The normalized spacial score (nSPS) is 25.1. The summed E-state index contributed by atoms with van der Waals surface area (Å²) in [6, 6.07) is 0. The molecule has 0 aromatic heterocycles. The molecule has 0 saturated carbocycles. The number of hydrogen-bond acceptors (Lipinski definition) is 4. The third kappa shape index (κ3) is 3.00. The molecule has 1 aliphatic heterocycles. The van der Waals surface area contributed by atoms with Gasteiger partial charge in [0, 0.05) is 13.7 Å². The van der Waals surface area contributed by atoms with Crippen LogP contribution in [-0.4, -0.2) is 49.8 Å². The second-order valence-corrected chi connectivity index (χ2v) is 5.01. The van der Waals surface area contributed by atoms with E-state index in [-0.39, 0.29) is 18.4 Å². The molecule has 0 spiro atoms. The van der Waals surface area contributed by atoms with E-state index >= 15 is 0 Å². The van der Waals surface area contributed by atoms with Gasteiger partial charge in [-0.3, -0.25) is 4.79 Å². The zero-order valence-electron chi connectivity index (χ0n) is 11.2. The first-order chi connectivity index (χ1) is 8.44. The average Bonchev–Trinajstić information content (AvgIpc) is 2.79. The van der Waals surface area contributed by atoms with Crippen molar-refractivity contribution in [2.24, 2.45) is 11.3 Å². The van der Waals surface area contributed by atoms with E-state index in [0.717, 1.165) is 13.0 Å². The Balaban J connectivity index is 2.61. The summed E-state index contributed by atoms with van der Waals surface area (Å²) in [6.07, 6.45) is -0.214. The molecule has 0 aromatic carbocycles. The van der Waals surface area contributed by atoms with Gasteiger partial charge in [0.1, 0.15) is 0 Å². The number of nitrogens with one attached hydrogen (secondary N) is 2.